The molecule has 3 heterocycles. The summed E-state index contributed by atoms with van der Waals surface area (Å²) in [5, 5.41) is 31.7. The third-order valence-electron chi connectivity index (χ3n) is 5.64. The summed E-state index contributed by atoms with van der Waals surface area (Å²) in [6.07, 6.45) is -18.4. The second-order valence-electron chi connectivity index (χ2n) is 7.62. The standard InChI is InChI=1S/C19H15F7N4O4/c20-10-5-7(1-2-9(10)18(21,22)23)11(31)13-17(33,19(24,25)26)12(32)16(34-13)30-4-3-8-14(27)28-6-29-15(8)30/h1-6,11-13,16,31-33H,(H2,27,28,29)/t11-,12+,13-,16-,17+/m1/s1. The molecule has 4 rings (SSSR count). The summed E-state index contributed by atoms with van der Waals surface area (Å²) in [4.78, 5) is 7.58. The van der Waals surface area contributed by atoms with Crippen molar-refractivity contribution in [1.82, 2.24) is 14.5 Å². The second kappa shape index (κ2) is 7.76. The van der Waals surface area contributed by atoms with Crippen LogP contribution < -0.4 is 5.73 Å². The Morgan fingerprint density at radius 2 is 1.79 bits per heavy atom. The Kier molecular flexibility index (Phi) is 5.51. The number of aromatic nitrogens is 3. The topological polar surface area (TPSA) is 127 Å². The molecule has 0 unspecified atom stereocenters. The van der Waals surface area contributed by atoms with Crippen LogP contribution in [0.3, 0.4) is 0 Å². The van der Waals surface area contributed by atoms with E-state index in [-0.39, 0.29) is 29.0 Å². The van der Waals surface area contributed by atoms with Gasteiger partial charge in [-0.15, -0.1) is 0 Å². The smallest absolute Gasteiger partial charge is 0.386 e. The lowest BCUT2D eigenvalue weighted by Gasteiger charge is -2.35. The van der Waals surface area contributed by atoms with Gasteiger partial charge in [-0.25, -0.2) is 14.4 Å². The monoisotopic (exact) mass is 496 g/mol. The Morgan fingerprint density at radius 3 is 2.38 bits per heavy atom. The second-order valence-corrected chi connectivity index (χ2v) is 7.62. The summed E-state index contributed by atoms with van der Waals surface area (Å²) in [7, 11) is 0. The predicted molar refractivity (Wildman–Crippen MR) is 99.2 cm³/mol. The Balaban J connectivity index is 1.78. The van der Waals surface area contributed by atoms with Crippen molar-refractivity contribution in [3.05, 3.63) is 53.7 Å². The number of nitrogens with two attached hydrogens (primary N) is 1. The molecule has 1 aromatic carbocycles. The maximum absolute atomic E-state index is 14.0. The van der Waals surface area contributed by atoms with E-state index in [2.05, 4.69) is 9.97 Å². The summed E-state index contributed by atoms with van der Waals surface area (Å²) < 4.78 is 100. The molecule has 1 fully saturated rings. The van der Waals surface area contributed by atoms with Gasteiger partial charge in [0.25, 0.3) is 0 Å². The van der Waals surface area contributed by atoms with Gasteiger partial charge in [-0.2, -0.15) is 26.3 Å². The molecule has 0 radical (unpaired) electrons. The minimum atomic E-state index is -5.59. The van der Waals surface area contributed by atoms with Gasteiger partial charge >= 0.3 is 12.4 Å². The van der Waals surface area contributed by atoms with Gasteiger partial charge in [0.1, 0.15) is 41.9 Å². The molecule has 1 aliphatic rings. The Morgan fingerprint density at radius 1 is 1.12 bits per heavy atom. The highest BCUT2D eigenvalue weighted by atomic mass is 19.4. The van der Waals surface area contributed by atoms with Crippen LogP contribution in [0.2, 0.25) is 0 Å². The van der Waals surface area contributed by atoms with E-state index in [1.165, 1.54) is 6.07 Å². The average molecular weight is 496 g/mol. The first kappa shape index (κ1) is 24.1. The van der Waals surface area contributed by atoms with Gasteiger partial charge in [0.2, 0.25) is 5.60 Å². The summed E-state index contributed by atoms with van der Waals surface area (Å²) in [5.41, 5.74) is -0.964. The van der Waals surface area contributed by atoms with Crippen molar-refractivity contribution in [2.45, 2.75) is 42.5 Å². The molecular weight excluding hydrogens is 481 g/mol. The number of hydrogen-bond donors (Lipinski definition) is 4. The summed E-state index contributed by atoms with van der Waals surface area (Å²) in [6, 6.07) is 2.24. The van der Waals surface area contributed by atoms with Gasteiger partial charge in [0.05, 0.1) is 10.9 Å². The SMILES string of the molecule is Nc1ncnc2c1ccn2[C@@H]1O[C@H]([C@H](O)c2ccc(C(F)(F)F)c(F)c2)[C@](O)(C(F)(F)F)[C@H]1O. The van der Waals surface area contributed by atoms with E-state index in [1.807, 2.05) is 0 Å². The largest absolute Gasteiger partial charge is 0.422 e. The number of rotatable bonds is 3. The van der Waals surface area contributed by atoms with E-state index < -0.39 is 59.4 Å². The highest BCUT2D eigenvalue weighted by Crippen LogP contribution is 2.51. The first-order valence-corrected chi connectivity index (χ1v) is 9.42. The van der Waals surface area contributed by atoms with Gasteiger partial charge < -0.3 is 30.4 Å². The third-order valence-corrected chi connectivity index (χ3v) is 5.64. The number of nitrogen functional groups attached to an aromatic ring is 1. The quantitative estimate of drug-likeness (QED) is 0.411. The van der Waals surface area contributed by atoms with Gasteiger partial charge in [-0.05, 0) is 23.8 Å². The van der Waals surface area contributed by atoms with Gasteiger partial charge in [0.15, 0.2) is 6.23 Å². The maximum atomic E-state index is 14.0. The molecule has 0 aliphatic carbocycles. The molecule has 15 heteroatoms. The normalized spacial score (nSPS) is 26.8. The van der Waals surface area contributed by atoms with Crippen molar-refractivity contribution >= 4 is 16.9 Å². The first-order valence-electron chi connectivity index (χ1n) is 9.42. The maximum Gasteiger partial charge on any atom is 0.422 e. The number of alkyl halides is 6. The van der Waals surface area contributed by atoms with E-state index in [1.54, 1.807) is 0 Å². The molecule has 3 aromatic rings. The van der Waals surface area contributed by atoms with Crippen LogP contribution in [0, 0.1) is 5.82 Å². The number of hydrogen-bond acceptors (Lipinski definition) is 7. The zero-order valence-electron chi connectivity index (χ0n) is 16.6. The van der Waals surface area contributed by atoms with Crippen LogP contribution >= 0.6 is 0 Å². The van der Waals surface area contributed by atoms with Crippen molar-refractivity contribution in [1.29, 1.82) is 0 Å². The summed E-state index contributed by atoms with van der Waals surface area (Å²) >= 11 is 0. The summed E-state index contributed by atoms with van der Waals surface area (Å²) in [6.45, 7) is 0. The molecule has 0 bridgehead atoms. The summed E-state index contributed by atoms with van der Waals surface area (Å²) in [5.74, 6) is -1.91. The zero-order valence-corrected chi connectivity index (χ0v) is 16.6. The fraction of sp³-hybridized carbons (Fsp3) is 0.368. The zero-order chi connectivity index (χ0) is 25.2. The number of halogens is 7. The van der Waals surface area contributed by atoms with E-state index in [4.69, 9.17) is 10.5 Å². The molecule has 5 atom stereocenters. The molecule has 0 spiro atoms. The number of fused-ring (bicyclic) bond motifs is 1. The highest BCUT2D eigenvalue weighted by molar-refractivity contribution is 5.86. The molecule has 184 valence electrons. The fourth-order valence-corrected chi connectivity index (χ4v) is 3.89. The number of anilines is 1. The van der Waals surface area contributed by atoms with E-state index in [0.29, 0.717) is 6.07 Å². The number of nitrogens with zero attached hydrogens (tertiary/aromatic N) is 3. The third kappa shape index (κ3) is 3.55. The number of ether oxygens (including phenoxy) is 1. The van der Waals surface area contributed by atoms with Crippen LogP contribution in [0.25, 0.3) is 11.0 Å². The van der Waals surface area contributed by atoms with Crippen molar-refractivity contribution in [3.63, 3.8) is 0 Å². The molecular formula is C19H15F7N4O4. The van der Waals surface area contributed by atoms with Crippen LogP contribution in [0.15, 0.2) is 36.8 Å². The van der Waals surface area contributed by atoms with Crippen molar-refractivity contribution < 1.29 is 50.8 Å². The fourth-order valence-electron chi connectivity index (χ4n) is 3.89. The van der Waals surface area contributed by atoms with E-state index >= 15 is 0 Å². The molecule has 0 saturated carbocycles. The van der Waals surface area contributed by atoms with Crippen LogP contribution in [0.4, 0.5) is 36.6 Å². The minimum Gasteiger partial charge on any atom is -0.386 e. The lowest BCUT2D eigenvalue weighted by molar-refractivity contribution is -0.302. The molecule has 5 N–H and O–H groups in total. The van der Waals surface area contributed by atoms with Crippen LogP contribution in [0.5, 0.6) is 0 Å². The number of aliphatic hydroxyl groups is 3. The Labute approximate surface area is 185 Å². The minimum absolute atomic E-state index is 0.0425. The van der Waals surface area contributed by atoms with Crippen LogP contribution in [-0.4, -0.2) is 53.8 Å². The van der Waals surface area contributed by atoms with E-state index in [0.717, 1.165) is 17.1 Å². The Bertz CT molecular complexity index is 1230. The van der Waals surface area contributed by atoms with Crippen molar-refractivity contribution in [2.24, 2.45) is 0 Å². The van der Waals surface area contributed by atoms with Crippen LogP contribution in [0.1, 0.15) is 23.5 Å². The van der Waals surface area contributed by atoms with Gasteiger partial charge in [-0.1, -0.05) is 6.07 Å². The van der Waals surface area contributed by atoms with Crippen LogP contribution in [-0.2, 0) is 10.9 Å². The predicted octanol–water partition coefficient (Wildman–Crippen LogP) is 2.46. The number of benzene rings is 1. The van der Waals surface area contributed by atoms with E-state index in [9.17, 15) is 46.1 Å². The molecule has 34 heavy (non-hydrogen) atoms. The van der Waals surface area contributed by atoms with Gasteiger partial charge in [0, 0.05) is 6.20 Å². The first-order chi connectivity index (χ1) is 15.7. The molecule has 2 aromatic heterocycles. The number of aliphatic hydroxyl groups excluding tert-OH is 2. The van der Waals surface area contributed by atoms with Crippen molar-refractivity contribution in [3.8, 4) is 0 Å². The lowest BCUT2D eigenvalue weighted by Crippen LogP contribution is -2.60. The highest BCUT2D eigenvalue weighted by Gasteiger charge is 2.72. The molecule has 0 amide bonds. The molecule has 1 saturated heterocycles. The van der Waals surface area contributed by atoms with Crippen molar-refractivity contribution in [2.75, 3.05) is 5.73 Å². The molecule has 1 aliphatic heterocycles. The van der Waals surface area contributed by atoms with Gasteiger partial charge in [-0.3, -0.25) is 0 Å². The molecule has 8 nitrogen and oxygen atoms in total. The Hall–Kier alpha value is -3.01. The average Bonchev–Trinajstić information content (AvgIpc) is 3.27. The lowest BCUT2D eigenvalue weighted by atomic mass is 9.85.